The lowest BCUT2D eigenvalue weighted by molar-refractivity contribution is 0.279. The van der Waals surface area contributed by atoms with Crippen molar-refractivity contribution < 1.29 is 4.74 Å². The van der Waals surface area contributed by atoms with Crippen LogP contribution in [0.3, 0.4) is 0 Å². The molecule has 0 saturated carbocycles. The van der Waals surface area contributed by atoms with Gasteiger partial charge in [-0.1, -0.05) is 24.8 Å². The minimum absolute atomic E-state index is 0.0908. The summed E-state index contributed by atoms with van der Waals surface area (Å²) in [5.41, 5.74) is 2.05. The highest BCUT2D eigenvalue weighted by Crippen LogP contribution is 2.20. The van der Waals surface area contributed by atoms with Crippen LogP contribution in [0.4, 0.5) is 0 Å². The molecule has 0 N–H and O–H groups in total. The Hall–Kier alpha value is -1.57. The highest BCUT2D eigenvalue weighted by molar-refractivity contribution is 5.95. The molecule has 0 aliphatic carbocycles. The van der Waals surface area contributed by atoms with Crippen LogP contribution in [0.15, 0.2) is 35.8 Å². The lowest BCUT2D eigenvalue weighted by Crippen LogP contribution is -2.17. The Morgan fingerprint density at radius 3 is 2.47 bits per heavy atom. The zero-order chi connectivity index (χ0) is 10.9. The van der Waals surface area contributed by atoms with Crippen molar-refractivity contribution in [2.24, 2.45) is 4.99 Å². The van der Waals surface area contributed by atoms with Gasteiger partial charge in [0.05, 0.1) is 5.54 Å². The van der Waals surface area contributed by atoms with Crippen molar-refractivity contribution >= 4 is 12.0 Å². The number of ether oxygens (including phenoxy) is 1. The molecule has 0 aromatic heterocycles. The Morgan fingerprint density at radius 1 is 1.33 bits per heavy atom. The molecule has 0 unspecified atom stereocenters. The van der Waals surface area contributed by atoms with Crippen LogP contribution in [0.1, 0.15) is 25.0 Å². The second-order valence-electron chi connectivity index (χ2n) is 4.34. The third kappa shape index (κ3) is 2.09. The number of benzene rings is 1. The number of aliphatic imine (C=N–C) groups is 1. The molecule has 0 saturated heterocycles. The maximum atomic E-state index is 5.55. The Balaban J connectivity index is 2.28. The van der Waals surface area contributed by atoms with E-state index in [1.165, 1.54) is 0 Å². The molecule has 2 heteroatoms. The minimum Gasteiger partial charge on any atom is -0.475 e. The first kappa shape index (κ1) is 9.97. The number of hydrogen-bond acceptors (Lipinski definition) is 2. The van der Waals surface area contributed by atoms with Gasteiger partial charge in [0.25, 0.3) is 0 Å². The average molecular weight is 201 g/mol. The van der Waals surface area contributed by atoms with Crippen molar-refractivity contribution in [3.63, 3.8) is 0 Å². The molecule has 0 radical (unpaired) electrons. The summed E-state index contributed by atoms with van der Waals surface area (Å²) in [7, 11) is 0. The predicted octanol–water partition coefficient (Wildman–Crippen LogP) is 2.89. The maximum absolute atomic E-state index is 5.55. The summed E-state index contributed by atoms with van der Waals surface area (Å²) in [6.45, 7) is 8.51. The van der Waals surface area contributed by atoms with Crippen molar-refractivity contribution in [3.8, 4) is 0 Å². The molecule has 0 amide bonds. The zero-order valence-corrected chi connectivity index (χ0v) is 9.16. The molecule has 2 rings (SSSR count). The zero-order valence-electron chi connectivity index (χ0n) is 9.16. The second-order valence-corrected chi connectivity index (χ2v) is 4.34. The number of rotatable bonds is 2. The van der Waals surface area contributed by atoms with Crippen LogP contribution in [0, 0.1) is 0 Å². The van der Waals surface area contributed by atoms with Gasteiger partial charge < -0.3 is 4.74 Å². The van der Waals surface area contributed by atoms with E-state index in [-0.39, 0.29) is 5.54 Å². The van der Waals surface area contributed by atoms with Gasteiger partial charge in [0.2, 0.25) is 5.90 Å². The van der Waals surface area contributed by atoms with E-state index in [1.54, 1.807) is 0 Å². The van der Waals surface area contributed by atoms with Gasteiger partial charge in [-0.05, 0) is 31.5 Å². The van der Waals surface area contributed by atoms with Gasteiger partial charge in [-0.25, -0.2) is 4.99 Å². The van der Waals surface area contributed by atoms with Crippen molar-refractivity contribution in [2.45, 2.75) is 19.4 Å². The van der Waals surface area contributed by atoms with Gasteiger partial charge in [0.15, 0.2) is 0 Å². The largest absolute Gasteiger partial charge is 0.475 e. The molecule has 0 spiro atoms. The summed E-state index contributed by atoms with van der Waals surface area (Å²) in [6.07, 6.45) is 1.82. The molecule has 1 aromatic carbocycles. The lowest BCUT2D eigenvalue weighted by atomic mass is 10.1. The molecule has 15 heavy (non-hydrogen) atoms. The summed E-state index contributed by atoms with van der Waals surface area (Å²) in [6, 6.07) is 8.05. The van der Waals surface area contributed by atoms with E-state index in [0.29, 0.717) is 6.61 Å². The quantitative estimate of drug-likeness (QED) is 0.721. The molecule has 0 atom stereocenters. The molecule has 0 bridgehead atoms. The van der Waals surface area contributed by atoms with Crippen molar-refractivity contribution in [3.05, 3.63) is 42.0 Å². The van der Waals surface area contributed by atoms with Crippen LogP contribution in [-0.2, 0) is 4.74 Å². The van der Waals surface area contributed by atoms with Gasteiger partial charge in [0, 0.05) is 5.56 Å². The lowest BCUT2D eigenvalue weighted by Gasteiger charge is -2.07. The highest BCUT2D eigenvalue weighted by atomic mass is 16.5. The van der Waals surface area contributed by atoms with E-state index in [9.17, 15) is 0 Å². The SMILES string of the molecule is C=Cc1ccc(C2=NC(C)(C)CO2)cc1. The van der Waals surface area contributed by atoms with Crippen LogP contribution in [0.5, 0.6) is 0 Å². The molecule has 1 aromatic rings. The fourth-order valence-electron chi connectivity index (χ4n) is 1.49. The van der Waals surface area contributed by atoms with Crippen LogP contribution >= 0.6 is 0 Å². The maximum Gasteiger partial charge on any atom is 0.216 e. The normalized spacial score (nSPS) is 18.1. The van der Waals surface area contributed by atoms with Gasteiger partial charge in [-0.3, -0.25) is 0 Å². The Morgan fingerprint density at radius 2 is 2.00 bits per heavy atom. The average Bonchev–Trinajstić information content (AvgIpc) is 2.59. The van der Waals surface area contributed by atoms with Gasteiger partial charge in [-0.2, -0.15) is 0 Å². The van der Waals surface area contributed by atoms with Crippen molar-refractivity contribution in [1.82, 2.24) is 0 Å². The Bertz CT molecular complexity index is 401. The summed E-state index contributed by atoms with van der Waals surface area (Å²) >= 11 is 0. The topological polar surface area (TPSA) is 21.6 Å². The third-order valence-electron chi connectivity index (χ3n) is 2.36. The third-order valence-corrected chi connectivity index (χ3v) is 2.36. The van der Waals surface area contributed by atoms with Gasteiger partial charge in [0.1, 0.15) is 6.61 Å². The Kier molecular flexibility index (Phi) is 2.35. The summed E-state index contributed by atoms with van der Waals surface area (Å²) < 4.78 is 5.55. The summed E-state index contributed by atoms with van der Waals surface area (Å²) in [5, 5.41) is 0. The fourth-order valence-corrected chi connectivity index (χ4v) is 1.49. The number of nitrogens with zero attached hydrogens (tertiary/aromatic N) is 1. The fraction of sp³-hybridized carbons (Fsp3) is 0.308. The van der Waals surface area contributed by atoms with Crippen molar-refractivity contribution in [2.75, 3.05) is 6.61 Å². The van der Waals surface area contributed by atoms with E-state index in [1.807, 2.05) is 30.3 Å². The second kappa shape index (κ2) is 3.54. The van der Waals surface area contributed by atoms with E-state index < -0.39 is 0 Å². The first-order valence-electron chi connectivity index (χ1n) is 5.06. The molecule has 2 nitrogen and oxygen atoms in total. The van der Waals surface area contributed by atoms with E-state index in [4.69, 9.17) is 4.74 Å². The van der Waals surface area contributed by atoms with E-state index in [0.717, 1.165) is 17.0 Å². The first-order chi connectivity index (χ1) is 7.11. The van der Waals surface area contributed by atoms with Crippen LogP contribution in [-0.4, -0.2) is 18.0 Å². The standard InChI is InChI=1S/C13H15NO/c1-4-10-5-7-11(8-6-10)12-14-13(2,3)9-15-12/h4-8H,1,9H2,2-3H3. The van der Waals surface area contributed by atoms with Crippen LogP contribution < -0.4 is 0 Å². The molecule has 0 fully saturated rings. The van der Waals surface area contributed by atoms with Gasteiger partial charge in [-0.15, -0.1) is 0 Å². The molecule has 1 aliphatic heterocycles. The predicted molar refractivity (Wildman–Crippen MR) is 63.1 cm³/mol. The van der Waals surface area contributed by atoms with Crippen LogP contribution in [0.2, 0.25) is 0 Å². The van der Waals surface area contributed by atoms with E-state index >= 15 is 0 Å². The molecular weight excluding hydrogens is 186 g/mol. The van der Waals surface area contributed by atoms with Crippen molar-refractivity contribution in [1.29, 1.82) is 0 Å². The Labute approximate surface area is 90.3 Å². The molecule has 78 valence electrons. The van der Waals surface area contributed by atoms with Crippen LogP contribution in [0.25, 0.3) is 6.08 Å². The monoisotopic (exact) mass is 201 g/mol. The minimum atomic E-state index is -0.0908. The molecular formula is C13H15NO. The summed E-state index contributed by atoms with van der Waals surface area (Å²) in [5.74, 6) is 0.746. The molecule has 1 heterocycles. The number of hydrogen-bond donors (Lipinski definition) is 0. The summed E-state index contributed by atoms with van der Waals surface area (Å²) in [4.78, 5) is 4.51. The first-order valence-corrected chi connectivity index (χ1v) is 5.06. The molecule has 1 aliphatic rings. The highest BCUT2D eigenvalue weighted by Gasteiger charge is 2.26. The van der Waals surface area contributed by atoms with E-state index in [2.05, 4.69) is 25.4 Å². The smallest absolute Gasteiger partial charge is 0.216 e. The van der Waals surface area contributed by atoms with Gasteiger partial charge >= 0.3 is 0 Å².